The lowest BCUT2D eigenvalue weighted by Gasteiger charge is -2.31. The molecule has 1 aliphatic heterocycles. The number of rotatable bonds is 2. The normalized spacial score (nSPS) is 20.0. The van der Waals surface area contributed by atoms with E-state index < -0.39 is 11.9 Å². The number of aromatic nitrogens is 2. The number of carbonyl (C=O) groups is 1. The fourth-order valence-corrected chi connectivity index (χ4v) is 4.19. The van der Waals surface area contributed by atoms with Crippen LogP contribution in [0.3, 0.4) is 0 Å². The minimum Gasteiger partial charge on any atom is -0.361 e. The summed E-state index contributed by atoms with van der Waals surface area (Å²) in [6.07, 6.45) is 3.54. The Bertz CT molecular complexity index is 1230. The van der Waals surface area contributed by atoms with E-state index in [0.29, 0.717) is 22.0 Å². The first-order chi connectivity index (χ1) is 13.5. The molecule has 0 bridgehead atoms. The molecule has 0 aliphatic carbocycles. The number of piperazine rings is 1. The highest BCUT2D eigenvalue weighted by Gasteiger charge is 2.32. The van der Waals surface area contributed by atoms with Gasteiger partial charge in [-0.2, -0.15) is 0 Å². The highest BCUT2D eigenvalue weighted by atomic mass is 79.9. The number of halogens is 3. The molecule has 1 saturated heterocycles. The lowest BCUT2D eigenvalue weighted by atomic mass is 9.97. The van der Waals surface area contributed by atoms with Crippen LogP contribution < -0.4 is 10.6 Å². The van der Waals surface area contributed by atoms with E-state index in [2.05, 4.69) is 36.5 Å². The Morgan fingerprint density at radius 3 is 2.57 bits per heavy atom. The van der Waals surface area contributed by atoms with Crippen molar-refractivity contribution in [1.82, 2.24) is 20.6 Å². The molecule has 0 radical (unpaired) electrons. The van der Waals surface area contributed by atoms with Gasteiger partial charge in [0.25, 0.3) is 0 Å². The number of aromatic amines is 2. The maximum atomic E-state index is 14.1. The van der Waals surface area contributed by atoms with Crippen LogP contribution in [0.4, 0.5) is 8.78 Å². The fraction of sp³-hybridized carbons (Fsp3) is 0.150. The number of carbonyl (C=O) groups excluding carboxylic acids is 1. The van der Waals surface area contributed by atoms with Gasteiger partial charge < -0.3 is 15.3 Å². The van der Waals surface area contributed by atoms with E-state index in [1.54, 1.807) is 18.3 Å². The molecule has 5 rings (SSSR count). The average molecular weight is 445 g/mol. The van der Waals surface area contributed by atoms with Gasteiger partial charge in [-0.1, -0.05) is 0 Å². The molecule has 2 unspecified atom stereocenters. The first-order valence-corrected chi connectivity index (χ1v) is 9.57. The van der Waals surface area contributed by atoms with Crippen molar-refractivity contribution < 1.29 is 13.6 Å². The lowest BCUT2D eigenvalue weighted by Crippen LogP contribution is -2.49. The van der Waals surface area contributed by atoms with Crippen molar-refractivity contribution in [3.8, 4) is 0 Å². The molecule has 4 N–H and O–H groups in total. The van der Waals surface area contributed by atoms with Crippen LogP contribution in [0.2, 0.25) is 0 Å². The average Bonchev–Trinajstić information content (AvgIpc) is 3.26. The van der Waals surface area contributed by atoms with Gasteiger partial charge in [-0.05, 0) is 51.8 Å². The van der Waals surface area contributed by atoms with Gasteiger partial charge >= 0.3 is 0 Å². The summed E-state index contributed by atoms with van der Waals surface area (Å²) >= 11 is 3.17. The second kappa shape index (κ2) is 6.42. The zero-order chi connectivity index (χ0) is 19.4. The summed E-state index contributed by atoms with van der Waals surface area (Å²) in [5, 5.41) is 7.64. The topological polar surface area (TPSA) is 72.7 Å². The van der Waals surface area contributed by atoms with Crippen LogP contribution >= 0.6 is 15.9 Å². The smallest absolute Gasteiger partial charge is 0.241 e. The fourth-order valence-electron chi connectivity index (χ4n) is 3.85. The van der Waals surface area contributed by atoms with Crippen molar-refractivity contribution in [1.29, 1.82) is 0 Å². The maximum Gasteiger partial charge on any atom is 0.241 e. The minimum atomic E-state index is -0.661. The van der Waals surface area contributed by atoms with Gasteiger partial charge in [0.05, 0.1) is 10.5 Å². The van der Waals surface area contributed by atoms with Crippen molar-refractivity contribution in [3.63, 3.8) is 0 Å². The molecule has 0 spiro atoms. The third-order valence-corrected chi connectivity index (χ3v) is 5.83. The van der Waals surface area contributed by atoms with Gasteiger partial charge in [0.15, 0.2) is 0 Å². The Hall–Kier alpha value is -2.71. The summed E-state index contributed by atoms with van der Waals surface area (Å²) in [5.74, 6) is -0.901. The Morgan fingerprint density at radius 1 is 0.964 bits per heavy atom. The second-order valence-corrected chi connectivity index (χ2v) is 7.74. The number of hydrogen-bond donors (Lipinski definition) is 4. The zero-order valence-electron chi connectivity index (χ0n) is 14.4. The Labute approximate surface area is 166 Å². The van der Waals surface area contributed by atoms with E-state index in [0.717, 1.165) is 22.0 Å². The van der Waals surface area contributed by atoms with Crippen molar-refractivity contribution in [3.05, 3.63) is 70.0 Å². The molecule has 3 heterocycles. The van der Waals surface area contributed by atoms with E-state index in [1.165, 1.54) is 18.2 Å². The summed E-state index contributed by atoms with van der Waals surface area (Å²) in [6, 6.07) is 6.75. The predicted molar refractivity (Wildman–Crippen MR) is 106 cm³/mol. The lowest BCUT2D eigenvalue weighted by molar-refractivity contribution is -0.125. The van der Waals surface area contributed by atoms with Gasteiger partial charge in [0.2, 0.25) is 5.91 Å². The molecule has 0 saturated carbocycles. The molecule has 4 aromatic rings. The van der Waals surface area contributed by atoms with Crippen LogP contribution in [-0.2, 0) is 4.79 Å². The quantitative estimate of drug-likeness (QED) is 0.374. The summed E-state index contributed by atoms with van der Waals surface area (Å²) in [5.41, 5.74) is 3.09. The molecule has 2 aromatic carbocycles. The molecule has 1 amide bonds. The molecule has 2 aromatic heterocycles. The monoisotopic (exact) mass is 444 g/mol. The van der Waals surface area contributed by atoms with Crippen molar-refractivity contribution >= 4 is 43.6 Å². The molecule has 5 nitrogen and oxygen atoms in total. The van der Waals surface area contributed by atoms with Gasteiger partial charge in [-0.3, -0.25) is 10.1 Å². The largest absolute Gasteiger partial charge is 0.361 e. The molecular weight excluding hydrogens is 430 g/mol. The maximum absolute atomic E-state index is 14.1. The molecule has 2 atom stereocenters. The first kappa shape index (κ1) is 17.4. The summed E-state index contributed by atoms with van der Waals surface area (Å²) in [4.78, 5) is 18.8. The van der Waals surface area contributed by atoms with Crippen LogP contribution in [0, 0.1) is 11.6 Å². The zero-order valence-corrected chi connectivity index (χ0v) is 16.0. The van der Waals surface area contributed by atoms with Crippen LogP contribution in [-0.4, -0.2) is 22.4 Å². The standard InChI is InChI=1S/C20H15BrF2N4O/c21-14-5-17-11(4-15(14)23)13(7-25-17)19-20(28)26-8-18(27-19)12-6-24-16-2-1-9(22)3-10(12)16/h1-7,18-19,24-25,27H,8H2,(H,26,28). The third kappa shape index (κ3) is 2.71. The number of H-pyrrole nitrogens is 2. The van der Waals surface area contributed by atoms with Gasteiger partial charge in [0, 0.05) is 46.3 Å². The molecule has 8 heteroatoms. The molecular formula is C20H15BrF2N4O. The molecule has 28 heavy (non-hydrogen) atoms. The van der Waals surface area contributed by atoms with Crippen molar-refractivity contribution in [2.24, 2.45) is 0 Å². The predicted octanol–water partition coefficient (Wildman–Crippen LogP) is 4.19. The molecule has 142 valence electrons. The van der Waals surface area contributed by atoms with E-state index in [9.17, 15) is 13.6 Å². The number of hydrogen-bond acceptors (Lipinski definition) is 2. The van der Waals surface area contributed by atoms with Gasteiger partial charge in [-0.15, -0.1) is 0 Å². The van der Waals surface area contributed by atoms with E-state index >= 15 is 0 Å². The number of fused-ring (bicyclic) bond motifs is 2. The van der Waals surface area contributed by atoms with E-state index in [-0.39, 0.29) is 17.8 Å². The van der Waals surface area contributed by atoms with Crippen LogP contribution in [0.5, 0.6) is 0 Å². The Kier molecular flexibility index (Phi) is 3.99. The Balaban J connectivity index is 1.55. The van der Waals surface area contributed by atoms with Gasteiger partial charge in [-0.25, -0.2) is 8.78 Å². The molecule has 1 fully saturated rings. The van der Waals surface area contributed by atoms with Crippen molar-refractivity contribution in [2.45, 2.75) is 12.1 Å². The van der Waals surface area contributed by atoms with E-state index in [4.69, 9.17) is 0 Å². The highest BCUT2D eigenvalue weighted by Crippen LogP contribution is 2.33. The summed E-state index contributed by atoms with van der Waals surface area (Å²) in [6.45, 7) is 0.376. The SMILES string of the molecule is O=C1NCC(c2c[nH]c3ccc(F)cc23)NC1c1c[nH]c2cc(Br)c(F)cc12. The van der Waals surface area contributed by atoms with Crippen LogP contribution in [0.25, 0.3) is 21.8 Å². The second-order valence-electron chi connectivity index (χ2n) is 6.89. The number of amides is 1. The number of nitrogens with one attached hydrogen (secondary N) is 4. The van der Waals surface area contributed by atoms with Gasteiger partial charge in [0.1, 0.15) is 17.7 Å². The highest BCUT2D eigenvalue weighted by molar-refractivity contribution is 9.10. The first-order valence-electron chi connectivity index (χ1n) is 8.77. The van der Waals surface area contributed by atoms with E-state index in [1.807, 2.05) is 6.20 Å². The molecule has 1 aliphatic rings. The Morgan fingerprint density at radius 2 is 1.71 bits per heavy atom. The van der Waals surface area contributed by atoms with Crippen LogP contribution in [0.1, 0.15) is 23.2 Å². The van der Waals surface area contributed by atoms with Crippen molar-refractivity contribution in [2.75, 3.05) is 6.54 Å². The van der Waals surface area contributed by atoms with Crippen LogP contribution in [0.15, 0.2) is 47.2 Å². The third-order valence-electron chi connectivity index (χ3n) is 5.23. The minimum absolute atomic E-state index is 0.188. The summed E-state index contributed by atoms with van der Waals surface area (Å²) < 4.78 is 28.1. The number of benzene rings is 2. The summed E-state index contributed by atoms with van der Waals surface area (Å²) in [7, 11) is 0.